The molecule has 13 heavy (non-hydrogen) atoms. The van der Waals surface area contributed by atoms with Crippen LogP contribution < -0.4 is 5.32 Å². The van der Waals surface area contributed by atoms with Gasteiger partial charge in [-0.2, -0.15) is 0 Å². The van der Waals surface area contributed by atoms with Gasteiger partial charge in [0.15, 0.2) is 0 Å². The summed E-state index contributed by atoms with van der Waals surface area (Å²) in [5, 5.41) is 3.44. The minimum Gasteiger partial charge on any atom is -0.462 e. The van der Waals surface area contributed by atoms with Crippen LogP contribution >= 0.6 is 0 Å². The maximum Gasteiger partial charge on any atom is 0.326 e. The van der Waals surface area contributed by atoms with Crippen LogP contribution in [0.25, 0.3) is 0 Å². The van der Waals surface area contributed by atoms with Gasteiger partial charge in [-0.1, -0.05) is 12.8 Å². The molecule has 1 saturated heterocycles. The molecule has 1 N–H and O–H groups in total. The van der Waals surface area contributed by atoms with Crippen LogP contribution in [0.1, 0.15) is 39.5 Å². The van der Waals surface area contributed by atoms with Crippen LogP contribution in [0.2, 0.25) is 0 Å². The quantitative estimate of drug-likeness (QED) is 0.574. The highest BCUT2D eigenvalue weighted by Gasteiger charge is 2.49. The zero-order valence-corrected chi connectivity index (χ0v) is 8.35. The molecule has 1 aliphatic carbocycles. The summed E-state index contributed by atoms with van der Waals surface area (Å²) in [6.45, 7) is 4.66. The van der Waals surface area contributed by atoms with Gasteiger partial charge in [0.2, 0.25) is 0 Å². The maximum absolute atomic E-state index is 11.6. The lowest BCUT2D eigenvalue weighted by molar-refractivity contribution is -0.162. The Morgan fingerprint density at radius 2 is 1.92 bits per heavy atom. The molecule has 3 nitrogen and oxygen atoms in total. The summed E-state index contributed by atoms with van der Waals surface area (Å²) in [6.07, 6.45) is 4.15. The van der Waals surface area contributed by atoms with E-state index in [1.165, 1.54) is 0 Å². The fourth-order valence-corrected chi connectivity index (χ4v) is 2.43. The van der Waals surface area contributed by atoms with E-state index in [1.807, 2.05) is 0 Å². The zero-order valence-electron chi connectivity index (χ0n) is 8.35. The highest BCUT2D eigenvalue weighted by Crippen LogP contribution is 2.35. The van der Waals surface area contributed by atoms with E-state index in [-0.39, 0.29) is 17.0 Å². The molecule has 0 aromatic carbocycles. The van der Waals surface area contributed by atoms with Crippen molar-refractivity contribution in [1.82, 2.24) is 5.32 Å². The summed E-state index contributed by atoms with van der Waals surface area (Å²) >= 11 is 0. The first-order chi connectivity index (χ1) is 6.04. The second-order valence-corrected chi connectivity index (χ2v) is 4.87. The summed E-state index contributed by atoms with van der Waals surface area (Å²) in [6, 6.07) is 0. The molecule has 0 amide bonds. The second kappa shape index (κ2) is 2.71. The molecule has 1 spiro atoms. The molecular weight excluding hydrogens is 166 g/mol. The van der Waals surface area contributed by atoms with Crippen molar-refractivity contribution in [2.75, 3.05) is 6.61 Å². The maximum atomic E-state index is 11.6. The summed E-state index contributed by atoms with van der Waals surface area (Å²) in [4.78, 5) is 11.6. The molecule has 1 heterocycles. The number of esters is 1. The Bertz CT molecular complexity index is 229. The lowest BCUT2D eigenvalue weighted by Gasteiger charge is -2.42. The molecule has 0 atom stereocenters. The van der Waals surface area contributed by atoms with Crippen LogP contribution in [0.3, 0.4) is 0 Å². The fourth-order valence-electron chi connectivity index (χ4n) is 2.43. The average Bonchev–Trinajstić information content (AvgIpc) is 2.47. The van der Waals surface area contributed by atoms with Crippen LogP contribution in [0, 0.1) is 0 Å². The van der Waals surface area contributed by atoms with Gasteiger partial charge in [0, 0.05) is 5.54 Å². The number of cyclic esters (lactones) is 1. The van der Waals surface area contributed by atoms with E-state index in [9.17, 15) is 4.79 Å². The minimum atomic E-state index is -0.345. The van der Waals surface area contributed by atoms with Crippen molar-refractivity contribution in [2.24, 2.45) is 0 Å². The van der Waals surface area contributed by atoms with Crippen molar-refractivity contribution in [3.8, 4) is 0 Å². The molecule has 3 heteroatoms. The molecule has 0 unspecified atom stereocenters. The molecule has 0 bridgehead atoms. The van der Waals surface area contributed by atoms with E-state index < -0.39 is 0 Å². The summed E-state index contributed by atoms with van der Waals surface area (Å²) in [7, 11) is 0. The number of carbonyl (C=O) groups excluding carboxylic acids is 1. The van der Waals surface area contributed by atoms with Gasteiger partial charge in [0.25, 0.3) is 0 Å². The molecule has 2 aliphatic rings. The predicted molar refractivity (Wildman–Crippen MR) is 49.4 cm³/mol. The molecule has 1 saturated carbocycles. The Balaban J connectivity index is 2.20. The van der Waals surface area contributed by atoms with E-state index in [4.69, 9.17) is 4.74 Å². The highest BCUT2D eigenvalue weighted by molar-refractivity contribution is 5.82. The van der Waals surface area contributed by atoms with Crippen LogP contribution in [-0.4, -0.2) is 23.7 Å². The van der Waals surface area contributed by atoms with Crippen molar-refractivity contribution in [1.29, 1.82) is 0 Å². The Morgan fingerprint density at radius 3 is 2.54 bits per heavy atom. The molecule has 0 aromatic rings. The number of nitrogens with one attached hydrogen (secondary N) is 1. The van der Waals surface area contributed by atoms with E-state index in [0.717, 1.165) is 25.7 Å². The van der Waals surface area contributed by atoms with Gasteiger partial charge in [-0.25, -0.2) is 0 Å². The third-order valence-electron chi connectivity index (χ3n) is 2.99. The molecule has 2 fully saturated rings. The Morgan fingerprint density at radius 1 is 1.31 bits per heavy atom. The first kappa shape index (κ1) is 9.00. The van der Waals surface area contributed by atoms with Gasteiger partial charge in [0.05, 0.1) is 0 Å². The van der Waals surface area contributed by atoms with Gasteiger partial charge in [0.1, 0.15) is 12.1 Å². The lowest BCUT2D eigenvalue weighted by Crippen LogP contribution is -2.65. The van der Waals surface area contributed by atoms with Crippen LogP contribution in [0.5, 0.6) is 0 Å². The van der Waals surface area contributed by atoms with E-state index in [1.54, 1.807) is 0 Å². The average molecular weight is 183 g/mol. The number of hydrogen-bond donors (Lipinski definition) is 1. The molecule has 1 aliphatic heterocycles. The largest absolute Gasteiger partial charge is 0.462 e. The SMILES string of the molecule is CC1(C)COC(=O)C2(CCCC2)N1. The number of rotatable bonds is 0. The minimum absolute atomic E-state index is 0.0377. The van der Waals surface area contributed by atoms with Crippen LogP contribution in [0.15, 0.2) is 0 Å². The third kappa shape index (κ3) is 1.46. The van der Waals surface area contributed by atoms with Crippen molar-refractivity contribution < 1.29 is 9.53 Å². The number of hydrogen-bond acceptors (Lipinski definition) is 3. The normalized spacial score (nSPS) is 30.5. The number of carbonyl (C=O) groups is 1. The van der Waals surface area contributed by atoms with Gasteiger partial charge < -0.3 is 4.74 Å². The van der Waals surface area contributed by atoms with Crippen LogP contribution in [0.4, 0.5) is 0 Å². The smallest absolute Gasteiger partial charge is 0.326 e. The fraction of sp³-hybridized carbons (Fsp3) is 0.900. The first-order valence-corrected chi connectivity index (χ1v) is 5.01. The standard InChI is InChI=1S/C10H17NO2/c1-9(2)7-13-8(12)10(11-9)5-3-4-6-10/h11H,3-7H2,1-2H3. The van der Waals surface area contributed by atoms with Crippen molar-refractivity contribution in [2.45, 2.75) is 50.6 Å². The zero-order chi connectivity index (χ0) is 9.53. The van der Waals surface area contributed by atoms with Gasteiger partial charge >= 0.3 is 5.97 Å². The monoisotopic (exact) mass is 183 g/mol. The van der Waals surface area contributed by atoms with E-state index in [0.29, 0.717) is 6.61 Å². The third-order valence-corrected chi connectivity index (χ3v) is 2.99. The molecule has 0 aromatic heterocycles. The topological polar surface area (TPSA) is 38.3 Å². The summed E-state index contributed by atoms with van der Waals surface area (Å²) in [5.41, 5.74) is -0.403. The Kier molecular flexibility index (Phi) is 1.88. The number of ether oxygens (including phenoxy) is 1. The Labute approximate surface area is 78.8 Å². The number of morpholine rings is 1. The van der Waals surface area contributed by atoms with Crippen molar-refractivity contribution in [3.63, 3.8) is 0 Å². The van der Waals surface area contributed by atoms with Crippen molar-refractivity contribution in [3.05, 3.63) is 0 Å². The lowest BCUT2D eigenvalue weighted by atomic mass is 9.90. The van der Waals surface area contributed by atoms with E-state index in [2.05, 4.69) is 19.2 Å². The molecular formula is C10H17NO2. The van der Waals surface area contributed by atoms with E-state index >= 15 is 0 Å². The summed E-state index contributed by atoms with van der Waals surface area (Å²) < 4.78 is 5.23. The molecule has 74 valence electrons. The molecule has 0 radical (unpaired) electrons. The predicted octanol–water partition coefficient (Wildman–Crippen LogP) is 1.22. The first-order valence-electron chi connectivity index (χ1n) is 5.01. The summed E-state index contributed by atoms with van der Waals surface area (Å²) in [5.74, 6) is -0.0377. The second-order valence-electron chi connectivity index (χ2n) is 4.87. The van der Waals surface area contributed by atoms with Gasteiger partial charge in [-0.3, -0.25) is 10.1 Å². The van der Waals surface area contributed by atoms with Crippen LogP contribution in [-0.2, 0) is 9.53 Å². The Hall–Kier alpha value is -0.570. The molecule has 2 rings (SSSR count). The van der Waals surface area contributed by atoms with Gasteiger partial charge in [-0.05, 0) is 26.7 Å². The highest BCUT2D eigenvalue weighted by atomic mass is 16.5. The van der Waals surface area contributed by atoms with Gasteiger partial charge in [-0.15, -0.1) is 0 Å². The van der Waals surface area contributed by atoms with Crippen molar-refractivity contribution >= 4 is 5.97 Å².